The number of carboxylic acid groups (broad SMARTS) is 1. The standard InChI is InChI=1S/C17H18N2O4/c1-11-6-3-4-8-13(11)18-17(22)19-16-12(10-15(20)21)7-5-9-14(16)23-2/h3-9H,10H2,1-2H3,(H,20,21)(H2,18,19,22). The number of nitrogens with one attached hydrogen (secondary N) is 2. The molecule has 2 aromatic rings. The molecular weight excluding hydrogens is 296 g/mol. The highest BCUT2D eigenvalue weighted by molar-refractivity contribution is 6.02. The Balaban J connectivity index is 2.22. The van der Waals surface area contributed by atoms with Crippen molar-refractivity contribution in [3.05, 3.63) is 53.6 Å². The summed E-state index contributed by atoms with van der Waals surface area (Å²) >= 11 is 0. The summed E-state index contributed by atoms with van der Waals surface area (Å²) in [6, 6.07) is 11.9. The van der Waals surface area contributed by atoms with Crippen molar-refractivity contribution in [3.8, 4) is 5.75 Å². The molecule has 0 aromatic heterocycles. The van der Waals surface area contributed by atoms with Crippen molar-refractivity contribution in [2.75, 3.05) is 17.7 Å². The minimum absolute atomic E-state index is 0.211. The van der Waals surface area contributed by atoms with Crippen LogP contribution in [0.1, 0.15) is 11.1 Å². The molecule has 0 saturated heterocycles. The molecule has 6 heteroatoms. The van der Waals surface area contributed by atoms with Crippen LogP contribution in [-0.4, -0.2) is 24.2 Å². The highest BCUT2D eigenvalue weighted by Gasteiger charge is 2.15. The van der Waals surface area contributed by atoms with Crippen molar-refractivity contribution in [3.63, 3.8) is 0 Å². The molecule has 120 valence electrons. The van der Waals surface area contributed by atoms with Gasteiger partial charge in [0.1, 0.15) is 5.75 Å². The van der Waals surface area contributed by atoms with Gasteiger partial charge in [-0.15, -0.1) is 0 Å². The zero-order chi connectivity index (χ0) is 16.8. The maximum Gasteiger partial charge on any atom is 0.323 e. The number of ether oxygens (including phenoxy) is 1. The molecule has 0 radical (unpaired) electrons. The molecule has 0 saturated carbocycles. The van der Waals surface area contributed by atoms with Crippen molar-refractivity contribution in [2.24, 2.45) is 0 Å². The number of methoxy groups -OCH3 is 1. The van der Waals surface area contributed by atoms with Crippen molar-refractivity contribution in [1.29, 1.82) is 0 Å². The van der Waals surface area contributed by atoms with Gasteiger partial charge in [-0.3, -0.25) is 4.79 Å². The van der Waals surface area contributed by atoms with Gasteiger partial charge >= 0.3 is 12.0 Å². The second-order valence-corrected chi connectivity index (χ2v) is 4.96. The Kier molecular flexibility index (Phi) is 5.19. The number of aryl methyl sites for hydroxylation is 1. The molecule has 0 aliphatic carbocycles. The summed E-state index contributed by atoms with van der Waals surface area (Å²) < 4.78 is 5.21. The molecule has 3 N–H and O–H groups in total. The first-order valence-electron chi connectivity index (χ1n) is 7.02. The highest BCUT2D eigenvalue weighted by Crippen LogP contribution is 2.29. The van der Waals surface area contributed by atoms with Crippen molar-refractivity contribution in [2.45, 2.75) is 13.3 Å². The van der Waals surface area contributed by atoms with E-state index in [-0.39, 0.29) is 6.42 Å². The van der Waals surface area contributed by atoms with Crippen molar-refractivity contribution >= 4 is 23.4 Å². The molecule has 2 rings (SSSR count). The van der Waals surface area contributed by atoms with E-state index in [1.807, 2.05) is 25.1 Å². The number of rotatable bonds is 5. The van der Waals surface area contributed by atoms with Gasteiger partial charge in [0.2, 0.25) is 0 Å². The Bertz CT molecular complexity index is 728. The van der Waals surface area contributed by atoms with Crippen LogP contribution in [0, 0.1) is 6.92 Å². The summed E-state index contributed by atoms with van der Waals surface area (Å²) in [4.78, 5) is 23.2. The van der Waals surface area contributed by atoms with Crippen LogP contribution < -0.4 is 15.4 Å². The predicted octanol–water partition coefficient (Wildman–Crippen LogP) is 3.27. The first kappa shape index (κ1) is 16.4. The van der Waals surface area contributed by atoms with Gasteiger partial charge < -0.3 is 20.5 Å². The topological polar surface area (TPSA) is 87.7 Å². The minimum Gasteiger partial charge on any atom is -0.495 e. The Hall–Kier alpha value is -3.02. The number of hydrogen-bond donors (Lipinski definition) is 3. The third-order valence-electron chi connectivity index (χ3n) is 3.31. The molecule has 0 spiro atoms. The molecule has 0 bridgehead atoms. The molecule has 0 aliphatic rings. The molecule has 0 fully saturated rings. The smallest absolute Gasteiger partial charge is 0.323 e. The van der Waals surface area contributed by atoms with Crippen LogP contribution in [0.2, 0.25) is 0 Å². The van der Waals surface area contributed by atoms with Gasteiger partial charge in [0.25, 0.3) is 0 Å². The number of carboxylic acids is 1. The lowest BCUT2D eigenvalue weighted by Gasteiger charge is -2.15. The lowest BCUT2D eigenvalue weighted by molar-refractivity contribution is -0.136. The zero-order valence-electron chi connectivity index (χ0n) is 12.9. The SMILES string of the molecule is COc1cccc(CC(=O)O)c1NC(=O)Nc1ccccc1C. The first-order chi connectivity index (χ1) is 11.0. The second-order valence-electron chi connectivity index (χ2n) is 4.96. The third-order valence-corrected chi connectivity index (χ3v) is 3.31. The Morgan fingerprint density at radius 2 is 1.83 bits per heavy atom. The fourth-order valence-corrected chi connectivity index (χ4v) is 2.18. The van der Waals surface area contributed by atoms with Crippen LogP contribution in [0.4, 0.5) is 16.2 Å². The van der Waals surface area contributed by atoms with Gasteiger partial charge in [-0.25, -0.2) is 4.79 Å². The number of carbonyl (C=O) groups is 2. The number of aliphatic carboxylic acids is 1. The number of carbonyl (C=O) groups excluding carboxylic acids is 1. The summed E-state index contributed by atoms with van der Waals surface area (Å²) in [5.41, 5.74) is 2.42. The molecule has 23 heavy (non-hydrogen) atoms. The van der Waals surface area contributed by atoms with E-state index in [1.165, 1.54) is 7.11 Å². The van der Waals surface area contributed by atoms with Crippen LogP contribution in [0.15, 0.2) is 42.5 Å². The number of para-hydroxylation sites is 2. The highest BCUT2D eigenvalue weighted by atomic mass is 16.5. The van der Waals surface area contributed by atoms with Gasteiger partial charge in [0.05, 0.1) is 19.2 Å². The van der Waals surface area contributed by atoms with Crippen LogP contribution in [0.25, 0.3) is 0 Å². The lowest BCUT2D eigenvalue weighted by Crippen LogP contribution is -2.21. The van der Waals surface area contributed by atoms with E-state index in [0.29, 0.717) is 22.7 Å². The average Bonchev–Trinajstić information content (AvgIpc) is 2.50. The van der Waals surface area contributed by atoms with Gasteiger partial charge in [-0.1, -0.05) is 30.3 Å². The summed E-state index contributed by atoms with van der Waals surface area (Å²) in [6.07, 6.45) is -0.211. The molecule has 6 nitrogen and oxygen atoms in total. The average molecular weight is 314 g/mol. The fraction of sp³-hybridized carbons (Fsp3) is 0.176. The Labute approximate surface area is 134 Å². The normalized spacial score (nSPS) is 10.0. The largest absolute Gasteiger partial charge is 0.495 e. The molecule has 0 unspecified atom stereocenters. The number of urea groups is 1. The molecule has 2 amide bonds. The van der Waals surface area contributed by atoms with Crippen LogP contribution >= 0.6 is 0 Å². The summed E-state index contributed by atoms with van der Waals surface area (Å²) in [5, 5.41) is 14.4. The van der Waals surface area contributed by atoms with Gasteiger partial charge in [-0.2, -0.15) is 0 Å². The second kappa shape index (κ2) is 7.31. The number of anilines is 2. The summed E-state index contributed by atoms with van der Waals surface area (Å²) in [5.74, 6) is -0.579. The fourth-order valence-electron chi connectivity index (χ4n) is 2.18. The maximum absolute atomic E-state index is 12.2. The number of amides is 2. The quantitative estimate of drug-likeness (QED) is 0.790. The first-order valence-corrected chi connectivity index (χ1v) is 7.02. The summed E-state index contributed by atoms with van der Waals surface area (Å²) in [6.45, 7) is 1.88. The van der Waals surface area contributed by atoms with E-state index >= 15 is 0 Å². The van der Waals surface area contributed by atoms with E-state index in [2.05, 4.69) is 10.6 Å². The van der Waals surface area contributed by atoms with Gasteiger partial charge in [-0.05, 0) is 30.2 Å². The van der Waals surface area contributed by atoms with E-state index < -0.39 is 12.0 Å². The third kappa shape index (κ3) is 4.23. The summed E-state index contributed by atoms with van der Waals surface area (Å²) in [7, 11) is 1.46. The molecule has 0 heterocycles. The van der Waals surface area contributed by atoms with Crippen LogP contribution in [0.5, 0.6) is 5.75 Å². The van der Waals surface area contributed by atoms with Crippen LogP contribution in [-0.2, 0) is 11.2 Å². The number of benzene rings is 2. The van der Waals surface area contributed by atoms with Gasteiger partial charge in [0.15, 0.2) is 0 Å². The van der Waals surface area contributed by atoms with E-state index in [1.54, 1.807) is 24.3 Å². The van der Waals surface area contributed by atoms with E-state index in [0.717, 1.165) is 5.56 Å². The minimum atomic E-state index is -0.986. The molecule has 0 atom stereocenters. The van der Waals surface area contributed by atoms with E-state index in [4.69, 9.17) is 9.84 Å². The van der Waals surface area contributed by atoms with E-state index in [9.17, 15) is 9.59 Å². The molecule has 2 aromatic carbocycles. The maximum atomic E-state index is 12.2. The molecular formula is C17H18N2O4. The van der Waals surface area contributed by atoms with Crippen LogP contribution in [0.3, 0.4) is 0 Å². The zero-order valence-corrected chi connectivity index (χ0v) is 12.9. The Morgan fingerprint density at radius 3 is 2.48 bits per heavy atom. The van der Waals surface area contributed by atoms with Gasteiger partial charge in [0, 0.05) is 5.69 Å². The van der Waals surface area contributed by atoms with Crippen molar-refractivity contribution < 1.29 is 19.4 Å². The Morgan fingerprint density at radius 1 is 1.09 bits per heavy atom. The van der Waals surface area contributed by atoms with Crippen molar-refractivity contribution in [1.82, 2.24) is 0 Å². The molecule has 0 aliphatic heterocycles. The monoisotopic (exact) mass is 314 g/mol. The lowest BCUT2D eigenvalue weighted by atomic mass is 10.1. The number of hydrogen-bond acceptors (Lipinski definition) is 3. The predicted molar refractivity (Wildman–Crippen MR) is 88.2 cm³/mol.